The van der Waals surface area contributed by atoms with Crippen LogP contribution >= 0.6 is 0 Å². The van der Waals surface area contributed by atoms with Crippen molar-refractivity contribution in [3.05, 3.63) is 59.2 Å². The number of rotatable bonds is 8. The zero-order valence-electron chi connectivity index (χ0n) is 17.6. The van der Waals surface area contributed by atoms with E-state index in [0.717, 1.165) is 29.7 Å². The molecular formula is C24H27NO5. The number of hydrogen-bond donors (Lipinski definition) is 0. The van der Waals surface area contributed by atoms with Crippen LogP contribution in [0.2, 0.25) is 0 Å². The Morgan fingerprint density at radius 2 is 1.73 bits per heavy atom. The van der Waals surface area contributed by atoms with Crippen LogP contribution in [-0.4, -0.2) is 37.9 Å². The molecule has 2 aromatic rings. The van der Waals surface area contributed by atoms with Gasteiger partial charge in [-0.15, -0.1) is 0 Å². The second-order valence-corrected chi connectivity index (χ2v) is 7.30. The van der Waals surface area contributed by atoms with Crippen molar-refractivity contribution in [2.45, 2.75) is 33.1 Å². The molecule has 1 fully saturated rings. The third-order valence-electron chi connectivity index (χ3n) is 5.43. The maximum atomic E-state index is 12.7. The largest absolute Gasteiger partial charge is 0.497 e. The Kier molecular flexibility index (Phi) is 6.87. The summed E-state index contributed by atoms with van der Waals surface area (Å²) in [6.45, 7) is 4.01. The molecule has 1 heterocycles. The number of carbonyl (C=O) groups excluding carboxylic acids is 3. The first-order chi connectivity index (χ1) is 14.5. The second-order valence-electron chi connectivity index (χ2n) is 7.30. The molecule has 1 aliphatic rings. The highest BCUT2D eigenvalue weighted by Crippen LogP contribution is 2.32. The molecule has 0 unspecified atom stereocenters. The van der Waals surface area contributed by atoms with Crippen LogP contribution < -0.4 is 9.64 Å². The molecule has 0 saturated carbocycles. The number of amides is 1. The number of hydrogen-bond acceptors (Lipinski definition) is 5. The highest BCUT2D eigenvalue weighted by atomic mass is 16.5. The van der Waals surface area contributed by atoms with E-state index in [0.29, 0.717) is 11.3 Å². The van der Waals surface area contributed by atoms with Gasteiger partial charge in [0.2, 0.25) is 5.91 Å². The number of benzene rings is 2. The number of ketones is 1. The molecule has 1 atom stereocenters. The smallest absolute Gasteiger partial charge is 0.311 e. The zero-order chi connectivity index (χ0) is 21.7. The molecule has 2 aromatic carbocycles. The average molecular weight is 409 g/mol. The standard InChI is InChI=1S/C24H27NO5/c1-4-16-8-6-9-17(5-2)23(16)25-14-19(13-22(25)27)24(28)30-15-21(26)18-10-7-11-20(12-18)29-3/h6-12,19H,4-5,13-15H2,1-3H3/t19-/m0/s1. The van der Waals surface area contributed by atoms with Gasteiger partial charge in [0.15, 0.2) is 12.4 Å². The number of methoxy groups -OCH3 is 1. The topological polar surface area (TPSA) is 72.9 Å². The SMILES string of the molecule is CCc1cccc(CC)c1N1C[C@@H](C(=O)OCC(=O)c2cccc(OC)c2)CC1=O. The van der Waals surface area contributed by atoms with E-state index < -0.39 is 11.9 Å². The Morgan fingerprint density at radius 1 is 1.07 bits per heavy atom. The summed E-state index contributed by atoms with van der Waals surface area (Å²) in [5.74, 6) is -0.940. The minimum atomic E-state index is -0.578. The van der Waals surface area contributed by atoms with Gasteiger partial charge in [0.25, 0.3) is 0 Å². The molecule has 1 amide bonds. The third-order valence-corrected chi connectivity index (χ3v) is 5.43. The van der Waals surface area contributed by atoms with Gasteiger partial charge >= 0.3 is 5.97 Å². The summed E-state index contributed by atoms with van der Waals surface area (Å²) < 4.78 is 10.4. The number of Topliss-reactive ketones (excluding diaryl/α,β-unsaturated/α-hetero) is 1. The van der Waals surface area contributed by atoms with Crippen molar-refractivity contribution in [2.24, 2.45) is 5.92 Å². The van der Waals surface area contributed by atoms with Crippen LogP contribution in [0.15, 0.2) is 42.5 Å². The summed E-state index contributed by atoms with van der Waals surface area (Å²) in [7, 11) is 1.52. The van der Waals surface area contributed by atoms with E-state index in [-0.39, 0.29) is 31.3 Å². The molecule has 158 valence electrons. The fraction of sp³-hybridized carbons (Fsp3) is 0.375. The second kappa shape index (κ2) is 9.57. The summed E-state index contributed by atoms with van der Waals surface area (Å²) >= 11 is 0. The van der Waals surface area contributed by atoms with Crippen LogP contribution in [0, 0.1) is 5.92 Å². The number of ether oxygens (including phenoxy) is 2. The van der Waals surface area contributed by atoms with E-state index in [1.165, 1.54) is 7.11 Å². The number of nitrogens with zero attached hydrogens (tertiary/aromatic N) is 1. The molecule has 0 radical (unpaired) electrons. The van der Waals surface area contributed by atoms with Crippen molar-refractivity contribution in [1.82, 2.24) is 0 Å². The molecule has 1 saturated heterocycles. The summed E-state index contributed by atoms with van der Waals surface area (Å²) in [6.07, 6.45) is 1.70. The lowest BCUT2D eigenvalue weighted by Crippen LogP contribution is -2.29. The van der Waals surface area contributed by atoms with Gasteiger partial charge in [-0.05, 0) is 36.1 Å². The van der Waals surface area contributed by atoms with E-state index >= 15 is 0 Å². The first kappa shape index (κ1) is 21.6. The normalized spacial score (nSPS) is 15.9. The highest BCUT2D eigenvalue weighted by molar-refractivity contribution is 6.02. The van der Waals surface area contributed by atoms with E-state index in [4.69, 9.17) is 9.47 Å². The predicted octanol–water partition coefficient (Wildman–Crippen LogP) is 3.60. The number of aryl methyl sites for hydroxylation is 2. The lowest BCUT2D eigenvalue weighted by molar-refractivity contribution is -0.147. The van der Waals surface area contributed by atoms with E-state index in [1.807, 2.05) is 18.2 Å². The monoisotopic (exact) mass is 409 g/mol. The Balaban J connectivity index is 1.66. The van der Waals surface area contributed by atoms with Crippen LogP contribution in [-0.2, 0) is 27.2 Å². The Hall–Kier alpha value is -3.15. The molecular weight excluding hydrogens is 382 g/mol. The molecule has 30 heavy (non-hydrogen) atoms. The van der Waals surface area contributed by atoms with Crippen molar-refractivity contribution >= 4 is 23.3 Å². The number of anilines is 1. The van der Waals surface area contributed by atoms with Crippen molar-refractivity contribution in [3.8, 4) is 5.75 Å². The first-order valence-electron chi connectivity index (χ1n) is 10.2. The summed E-state index contributed by atoms with van der Waals surface area (Å²) in [4.78, 5) is 39.3. The van der Waals surface area contributed by atoms with Crippen molar-refractivity contribution < 1.29 is 23.9 Å². The minimum Gasteiger partial charge on any atom is -0.497 e. The Bertz CT molecular complexity index is 930. The Morgan fingerprint density at radius 3 is 2.37 bits per heavy atom. The van der Waals surface area contributed by atoms with Gasteiger partial charge in [0.1, 0.15) is 5.75 Å². The first-order valence-corrected chi connectivity index (χ1v) is 10.2. The van der Waals surface area contributed by atoms with Crippen LogP contribution in [0.1, 0.15) is 41.8 Å². The van der Waals surface area contributed by atoms with E-state index in [1.54, 1.807) is 29.2 Å². The molecule has 6 heteroatoms. The average Bonchev–Trinajstić information content (AvgIpc) is 3.17. The summed E-state index contributed by atoms with van der Waals surface area (Å²) in [5, 5.41) is 0. The zero-order valence-corrected chi connectivity index (χ0v) is 17.6. The van der Waals surface area contributed by atoms with Gasteiger partial charge in [-0.3, -0.25) is 14.4 Å². The molecule has 0 bridgehead atoms. The minimum absolute atomic E-state index is 0.0907. The molecule has 0 N–H and O–H groups in total. The molecule has 3 rings (SSSR count). The van der Waals surface area contributed by atoms with Gasteiger partial charge in [-0.2, -0.15) is 0 Å². The lowest BCUT2D eigenvalue weighted by atomic mass is 10.0. The maximum Gasteiger partial charge on any atom is 0.311 e. The van der Waals surface area contributed by atoms with Crippen LogP contribution in [0.4, 0.5) is 5.69 Å². The predicted molar refractivity (Wildman–Crippen MR) is 114 cm³/mol. The van der Waals surface area contributed by atoms with E-state index in [2.05, 4.69) is 13.8 Å². The lowest BCUT2D eigenvalue weighted by Gasteiger charge is -2.23. The quantitative estimate of drug-likeness (QED) is 0.492. The number of esters is 1. The van der Waals surface area contributed by atoms with Crippen molar-refractivity contribution in [2.75, 3.05) is 25.2 Å². The molecule has 0 spiro atoms. The molecule has 0 aliphatic carbocycles. The van der Waals surface area contributed by atoms with Crippen LogP contribution in [0.5, 0.6) is 5.75 Å². The van der Waals surface area contributed by atoms with E-state index in [9.17, 15) is 14.4 Å². The van der Waals surface area contributed by atoms with Crippen LogP contribution in [0.3, 0.4) is 0 Å². The third kappa shape index (κ3) is 4.53. The fourth-order valence-corrected chi connectivity index (χ4v) is 3.78. The van der Waals surface area contributed by atoms with Gasteiger partial charge in [-0.1, -0.05) is 44.2 Å². The fourth-order valence-electron chi connectivity index (χ4n) is 3.78. The van der Waals surface area contributed by atoms with Gasteiger partial charge < -0.3 is 14.4 Å². The Labute approximate surface area is 176 Å². The highest BCUT2D eigenvalue weighted by Gasteiger charge is 2.37. The number of carbonyl (C=O) groups is 3. The van der Waals surface area contributed by atoms with Gasteiger partial charge in [0, 0.05) is 24.2 Å². The molecule has 0 aromatic heterocycles. The summed E-state index contributed by atoms with van der Waals surface area (Å²) in [5.41, 5.74) is 3.50. The van der Waals surface area contributed by atoms with Gasteiger partial charge in [-0.25, -0.2) is 0 Å². The van der Waals surface area contributed by atoms with Crippen molar-refractivity contribution in [3.63, 3.8) is 0 Å². The van der Waals surface area contributed by atoms with Crippen LogP contribution in [0.25, 0.3) is 0 Å². The maximum absolute atomic E-state index is 12.7. The summed E-state index contributed by atoms with van der Waals surface area (Å²) in [6, 6.07) is 12.7. The number of para-hydroxylation sites is 1. The van der Waals surface area contributed by atoms with Crippen molar-refractivity contribution in [1.29, 1.82) is 0 Å². The molecule has 6 nitrogen and oxygen atoms in total. The molecule has 1 aliphatic heterocycles. The van der Waals surface area contributed by atoms with Gasteiger partial charge in [0.05, 0.1) is 13.0 Å².